The fourth-order valence-corrected chi connectivity index (χ4v) is 3.30. The molecule has 0 spiro atoms. The highest BCUT2D eigenvalue weighted by molar-refractivity contribution is 5.89. The number of nitrogens with one attached hydrogen (secondary N) is 1. The van der Waals surface area contributed by atoms with E-state index in [1.165, 1.54) is 0 Å². The number of fused-ring (bicyclic) bond motifs is 1. The molecule has 0 aliphatic rings. The van der Waals surface area contributed by atoms with Gasteiger partial charge >= 0.3 is 0 Å². The molecule has 0 atom stereocenters. The van der Waals surface area contributed by atoms with Crippen molar-refractivity contribution in [3.05, 3.63) is 63.4 Å². The lowest BCUT2D eigenvalue weighted by molar-refractivity contribution is -0.117. The van der Waals surface area contributed by atoms with Gasteiger partial charge in [0.15, 0.2) is 5.82 Å². The summed E-state index contributed by atoms with van der Waals surface area (Å²) in [7, 11) is 0. The molecule has 9 nitrogen and oxygen atoms in total. The number of rotatable bonds is 4. The molecule has 4 aromatic rings. The van der Waals surface area contributed by atoms with E-state index in [2.05, 4.69) is 20.7 Å². The van der Waals surface area contributed by atoms with Crippen molar-refractivity contribution in [1.82, 2.24) is 24.7 Å². The first-order valence-electron chi connectivity index (χ1n) is 9.10. The van der Waals surface area contributed by atoms with Crippen LogP contribution in [-0.2, 0) is 11.3 Å². The van der Waals surface area contributed by atoms with E-state index in [0.717, 1.165) is 21.5 Å². The van der Waals surface area contributed by atoms with Gasteiger partial charge < -0.3 is 9.84 Å². The lowest BCUT2D eigenvalue weighted by Gasteiger charge is -2.10. The third-order valence-electron chi connectivity index (χ3n) is 4.64. The summed E-state index contributed by atoms with van der Waals surface area (Å²) in [4.78, 5) is 25.5. The first-order valence-corrected chi connectivity index (χ1v) is 9.10. The van der Waals surface area contributed by atoms with E-state index < -0.39 is 11.5 Å². The SMILES string of the molecule is Cc1ccc(-n2ncc3c(C)nn(CC(=O)Nc4cc(C)on4)c(=O)c32)c(C)c1. The van der Waals surface area contributed by atoms with Gasteiger partial charge in [0.05, 0.1) is 17.6 Å². The number of hydrogen-bond acceptors (Lipinski definition) is 6. The summed E-state index contributed by atoms with van der Waals surface area (Å²) in [6.45, 7) is 7.23. The van der Waals surface area contributed by atoms with E-state index in [0.29, 0.717) is 28.2 Å². The molecule has 0 saturated carbocycles. The standard InChI is InChI=1S/C20H20N6O3/c1-11-5-6-16(12(2)7-11)26-19-15(9-21-26)14(4)23-25(20(19)28)10-18(27)22-17-8-13(3)29-24-17/h5-9H,10H2,1-4H3,(H,22,24,27). The topological polar surface area (TPSA) is 108 Å². The molecule has 0 bridgehead atoms. The number of carbonyl (C=O) groups excluding carboxylic acids is 1. The molecule has 9 heteroatoms. The maximum atomic E-state index is 13.1. The highest BCUT2D eigenvalue weighted by Gasteiger charge is 2.18. The molecular formula is C20H20N6O3. The number of carbonyl (C=O) groups is 1. The van der Waals surface area contributed by atoms with Gasteiger partial charge in [0.1, 0.15) is 17.8 Å². The van der Waals surface area contributed by atoms with Crippen LogP contribution in [0.25, 0.3) is 16.6 Å². The third-order valence-corrected chi connectivity index (χ3v) is 4.64. The van der Waals surface area contributed by atoms with Crippen molar-refractivity contribution in [2.24, 2.45) is 0 Å². The van der Waals surface area contributed by atoms with E-state index in [9.17, 15) is 9.59 Å². The normalized spacial score (nSPS) is 11.2. The van der Waals surface area contributed by atoms with Gasteiger partial charge in [-0.05, 0) is 39.3 Å². The predicted octanol–water partition coefficient (Wildman–Crippen LogP) is 2.44. The van der Waals surface area contributed by atoms with E-state index in [4.69, 9.17) is 4.52 Å². The van der Waals surface area contributed by atoms with Crippen molar-refractivity contribution >= 4 is 22.6 Å². The molecule has 0 aliphatic heterocycles. The fraction of sp³-hybridized carbons (Fsp3) is 0.250. The van der Waals surface area contributed by atoms with Crippen LogP contribution in [0.2, 0.25) is 0 Å². The minimum atomic E-state index is -0.427. The molecule has 0 saturated heterocycles. The summed E-state index contributed by atoms with van der Waals surface area (Å²) in [5.74, 6) is 0.438. The van der Waals surface area contributed by atoms with Gasteiger partial charge in [-0.25, -0.2) is 9.36 Å². The van der Waals surface area contributed by atoms with Crippen molar-refractivity contribution in [2.75, 3.05) is 5.32 Å². The molecule has 3 aromatic heterocycles. The molecule has 4 rings (SSSR count). The number of anilines is 1. The van der Waals surface area contributed by atoms with Crippen LogP contribution in [-0.4, -0.2) is 30.6 Å². The molecule has 0 fully saturated rings. The monoisotopic (exact) mass is 392 g/mol. The van der Waals surface area contributed by atoms with Crippen molar-refractivity contribution in [3.63, 3.8) is 0 Å². The molecule has 29 heavy (non-hydrogen) atoms. The van der Waals surface area contributed by atoms with Crippen molar-refractivity contribution in [1.29, 1.82) is 0 Å². The number of aromatic nitrogens is 5. The Kier molecular flexibility index (Phi) is 4.50. The Labute approximate surface area is 165 Å². The van der Waals surface area contributed by atoms with Crippen LogP contribution in [0.4, 0.5) is 5.82 Å². The Morgan fingerprint density at radius 1 is 1.17 bits per heavy atom. The predicted molar refractivity (Wildman–Crippen MR) is 107 cm³/mol. The number of hydrogen-bond donors (Lipinski definition) is 1. The lowest BCUT2D eigenvalue weighted by atomic mass is 10.1. The maximum absolute atomic E-state index is 13.1. The summed E-state index contributed by atoms with van der Waals surface area (Å²) >= 11 is 0. The second-order valence-electron chi connectivity index (χ2n) is 7.03. The number of aryl methyl sites for hydroxylation is 4. The van der Waals surface area contributed by atoms with E-state index >= 15 is 0 Å². The highest BCUT2D eigenvalue weighted by atomic mass is 16.5. The Morgan fingerprint density at radius 3 is 2.66 bits per heavy atom. The number of amides is 1. The molecule has 0 radical (unpaired) electrons. The quantitative estimate of drug-likeness (QED) is 0.571. The van der Waals surface area contributed by atoms with Gasteiger partial charge in [0.25, 0.3) is 5.56 Å². The first kappa shape index (κ1) is 18.6. The molecule has 3 heterocycles. The van der Waals surface area contributed by atoms with E-state index in [1.54, 1.807) is 30.8 Å². The van der Waals surface area contributed by atoms with Crippen LogP contribution in [0.5, 0.6) is 0 Å². The van der Waals surface area contributed by atoms with E-state index in [-0.39, 0.29) is 6.54 Å². The van der Waals surface area contributed by atoms with Gasteiger partial charge in [0, 0.05) is 11.5 Å². The zero-order chi connectivity index (χ0) is 20.7. The average molecular weight is 392 g/mol. The Balaban J connectivity index is 1.75. The summed E-state index contributed by atoms with van der Waals surface area (Å²) in [6, 6.07) is 7.52. The van der Waals surface area contributed by atoms with Crippen LogP contribution in [0, 0.1) is 27.7 Å². The highest BCUT2D eigenvalue weighted by Crippen LogP contribution is 2.20. The van der Waals surface area contributed by atoms with Crippen LogP contribution >= 0.6 is 0 Å². The van der Waals surface area contributed by atoms with Crippen molar-refractivity contribution in [2.45, 2.75) is 34.2 Å². The van der Waals surface area contributed by atoms with Crippen LogP contribution in [0.1, 0.15) is 22.6 Å². The Morgan fingerprint density at radius 2 is 1.97 bits per heavy atom. The zero-order valence-electron chi connectivity index (χ0n) is 16.6. The Bertz CT molecular complexity index is 1300. The molecular weight excluding hydrogens is 372 g/mol. The summed E-state index contributed by atoms with van der Waals surface area (Å²) in [5.41, 5.74) is 3.53. The second kappa shape index (κ2) is 7.01. The van der Waals surface area contributed by atoms with Crippen molar-refractivity contribution in [3.8, 4) is 5.69 Å². The van der Waals surface area contributed by atoms with Crippen LogP contribution < -0.4 is 10.9 Å². The second-order valence-corrected chi connectivity index (χ2v) is 7.03. The minimum Gasteiger partial charge on any atom is -0.360 e. The van der Waals surface area contributed by atoms with Gasteiger partial charge in [-0.15, -0.1) is 0 Å². The zero-order valence-corrected chi connectivity index (χ0v) is 16.6. The largest absolute Gasteiger partial charge is 0.360 e. The first-order chi connectivity index (χ1) is 13.8. The fourth-order valence-electron chi connectivity index (χ4n) is 3.30. The van der Waals surface area contributed by atoms with E-state index in [1.807, 2.05) is 32.0 Å². The molecule has 0 aliphatic carbocycles. The molecule has 0 unspecified atom stereocenters. The molecule has 1 amide bonds. The molecule has 148 valence electrons. The molecule has 1 N–H and O–H groups in total. The summed E-state index contributed by atoms with van der Waals surface area (Å²) < 4.78 is 7.68. The Hall–Kier alpha value is -3.75. The van der Waals surface area contributed by atoms with Gasteiger partial charge in [-0.3, -0.25) is 9.59 Å². The number of benzene rings is 1. The smallest absolute Gasteiger partial charge is 0.293 e. The third kappa shape index (κ3) is 3.42. The average Bonchev–Trinajstić information content (AvgIpc) is 3.26. The van der Waals surface area contributed by atoms with Crippen LogP contribution in [0.3, 0.4) is 0 Å². The van der Waals surface area contributed by atoms with Gasteiger partial charge in [-0.2, -0.15) is 10.2 Å². The van der Waals surface area contributed by atoms with Gasteiger partial charge in [0.2, 0.25) is 5.91 Å². The summed E-state index contributed by atoms with van der Waals surface area (Å²) in [6.07, 6.45) is 1.63. The molecule has 1 aromatic carbocycles. The van der Waals surface area contributed by atoms with Gasteiger partial charge in [-0.1, -0.05) is 22.9 Å². The summed E-state index contributed by atoms with van der Waals surface area (Å²) in [5, 5.41) is 15.7. The minimum absolute atomic E-state index is 0.250. The lowest BCUT2D eigenvalue weighted by Crippen LogP contribution is -2.31. The maximum Gasteiger partial charge on any atom is 0.293 e. The van der Waals surface area contributed by atoms with Crippen molar-refractivity contribution < 1.29 is 9.32 Å². The number of nitrogens with zero attached hydrogens (tertiary/aromatic N) is 5. The van der Waals surface area contributed by atoms with Crippen LogP contribution in [0.15, 0.2) is 39.8 Å².